The summed E-state index contributed by atoms with van der Waals surface area (Å²) in [5.41, 5.74) is 2.37. The Morgan fingerprint density at radius 1 is 0.867 bits per heavy atom. The van der Waals surface area contributed by atoms with E-state index in [0.717, 1.165) is 11.5 Å². The number of fused-ring (bicyclic) bond motifs is 1. The van der Waals surface area contributed by atoms with E-state index < -0.39 is 0 Å². The van der Waals surface area contributed by atoms with Gasteiger partial charge in [-0.15, -0.1) is 0 Å². The quantitative estimate of drug-likeness (QED) is 0.676. The Morgan fingerprint density at radius 3 is 2.03 bits per heavy atom. The number of benzene rings is 2. The zero-order chi connectivity index (χ0) is 20.9. The number of ether oxygens (including phenoxy) is 2. The number of amides is 1. The lowest BCUT2D eigenvalue weighted by Gasteiger charge is -2.31. The molecule has 0 aromatic heterocycles. The minimum Gasteiger partial charge on any atom is -0.492 e. The Balaban J connectivity index is 1.26. The maximum Gasteiger partial charge on any atom is 0.240 e. The van der Waals surface area contributed by atoms with Gasteiger partial charge in [-0.3, -0.25) is 14.7 Å². The summed E-state index contributed by atoms with van der Waals surface area (Å²) in [5, 5.41) is 6.20. The summed E-state index contributed by atoms with van der Waals surface area (Å²) in [4.78, 5) is 19.0. The molecule has 7 heteroatoms. The van der Waals surface area contributed by atoms with Crippen molar-refractivity contribution in [2.75, 3.05) is 26.3 Å². The number of carbonyl (C=O) groups is 1. The molecule has 2 aliphatic rings. The summed E-state index contributed by atoms with van der Waals surface area (Å²) < 4.78 is 11.5. The molecule has 2 aromatic rings. The van der Waals surface area contributed by atoms with Crippen molar-refractivity contribution >= 4 is 18.5 Å². The smallest absolute Gasteiger partial charge is 0.240 e. The monoisotopic (exact) mass is 406 g/mol. The van der Waals surface area contributed by atoms with Crippen LogP contribution >= 0.6 is 0 Å². The van der Waals surface area contributed by atoms with Crippen LogP contribution in [0.3, 0.4) is 0 Å². The normalized spacial score (nSPS) is 19.9. The molecule has 0 spiro atoms. The number of aliphatic imine (C=N–C) groups is 1. The highest BCUT2D eigenvalue weighted by Crippen LogP contribution is 2.24. The molecule has 0 aliphatic carbocycles. The summed E-state index contributed by atoms with van der Waals surface area (Å²) in [6.45, 7) is 5.96. The van der Waals surface area contributed by atoms with Gasteiger partial charge in [-0.1, -0.05) is 35.4 Å². The fraction of sp³-hybridized carbons (Fsp3) is 0.348. The van der Waals surface area contributed by atoms with Crippen molar-refractivity contribution in [3.63, 3.8) is 0 Å². The van der Waals surface area contributed by atoms with Gasteiger partial charge in [-0.25, -0.2) is 4.99 Å². The number of hydrazone groups is 1. The zero-order valence-corrected chi connectivity index (χ0v) is 17.3. The number of rotatable bonds is 8. The average molecular weight is 406 g/mol. The van der Waals surface area contributed by atoms with Crippen LogP contribution in [0.25, 0.3) is 0 Å². The first-order valence-corrected chi connectivity index (χ1v) is 10.1. The van der Waals surface area contributed by atoms with Gasteiger partial charge in [0.05, 0.1) is 19.4 Å². The lowest BCUT2D eigenvalue weighted by molar-refractivity contribution is -0.131. The van der Waals surface area contributed by atoms with Crippen molar-refractivity contribution in [2.45, 2.75) is 20.0 Å². The molecule has 0 N–H and O–H groups in total. The molecule has 1 amide bonds. The molecule has 30 heavy (non-hydrogen) atoms. The highest BCUT2D eigenvalue weighted by Gasteiger charge is 2.40. The molecule has 0 saturated heterocycles. The van der Waals surface area contributed by atoms with Crippen molar-refractivity contribution in [1.82, 2.24) is 9.91 Å². The topological polar surface area (TPSA) is 66.7 Å². The van der Waals surface area contributed by atoms with E-state index in [1.807, 2.05) is 67.4 Å². The molecule has 2 atom stereocenters. The van der Waals surface area contributed by atoms with Crippen molar-refractivity contribution in [1.29, 1.82) is 0 Å². The zero-order valence-electron chi connectivity index (χ0n) is 17.3. The highest BCUT2D eigenvalue weighted by molar-refractivity contribution is 6.01. The first-order valence-electron chi connectivity index (χ1n) is 10.1. The van der Waals surface area contributed by atoms with Gasteiger partial charge >= 0.3 is 0 Å². The van der Waals surface area contributed by atoms with Crippen LogP contribution in [0.2, 0.25) is 0 Å². The van der Waals surface area contributed by atoms with E-state index in [1.165, 1.54) is 11.1 Å². The van der Waals surface area contributed by atoms with E-state index in [4.69, 9.17) is 9.47 Å². The summed E-state index contributed by atoms with van der Waals surface area (Å²) in [7, 11) is 0. The van der Waals surface area contributed by atoms with Gasteiger partial charge in [-0.2, -0.15) is 5.10 Å². The summed E-state index contributed by atoms with van der Waals surface area (Å²) in [6, 6.07) is 15.8. The molecule has 0 fully saturated rings. The van der Waals surface area contributed by atoms with Crippen LogP contribution in [0.1, 0.15) is 11.1 Å². The number of hydrogen-bond acceptors (Lipinski definition) is 6. The first-order chi connectivity index (χ1) is 14.6. The second kappa shape index (κ2) is 8.98. The van der Waals surface area contributed by atoms with Crippen LogP contribution in [0.5, 0.6) is 11.5 Å². The van der Waals surface area contributed by atoms with Crippen LogP contribution in [0.4, 0.5) is 0 Å². The van der Waals surface area contributed by atoms with Crippen LogP contribution in [0.15, 0.2) is 58.6 Å². The molecule has 4 rings (SSSR count). The lowest BCUT2D eigenvalue weighted by Crippen LogP contribution is -2.48. The molecule has 7 nitrogen and oxygen atoms in total. The Morgan fingerprint density at radius 2 is 1.43 bits per heavy atom. The van der Waals surface area contributed by atoms with Gasteiger partial charge in [0, 0.05) is 6.21 Å². The van der Waals surface area contributed by atoms with Crippen molar-refractivity contribution in [2.24, 2.45) is 16.0 Å². The van der Waals surface area contributed by atoms with Crippen LogP contribution in [-0.2, 0) is 4.79 Å². The molecule has 0 bridgehead atoms. The molecule has 156 valence electrons. The Bertz CT molecular complexity index is 924. The number of carbonyl (C=O) groups excluding carboxylic acids is 1. The van der Waals surface area contributed by atoms with Crippen molar-refractivity contribution < 1.29 is 14.3 Å². The van der Waals surface area contributed by atoms with E-state index in [1.54, 1.807) is 17.5 Å². The summed E-state index contributed by atoms with van der Waals surface area (Å²) in [5.74, 6) is 1.24. The van der Waals surface area contributed by atoms with Crippen LogP contribution < -0.4 is 9.47 Å². The minimum atomic E-state index is -0.367. The van der Waals surface area contributed by atoms with E-state index in [9.17, 15) is 4.79 Å². The standard InChI is InChI=1S/C23H26N4O3/c1-17-3-7-19(8-4-17)29-13-11-26-16-24-22-21(23(26)28)15-25-27(22)12-14-30-20-9-5-18(2)6-10-20/h3-10,15-16,21-22H,11-14H2,1-2H3/t21-,22+/m1/s1. The molecular weight excluding hydrogens is 380 g/mol. The predicted octanol–water partition coefficient (Wildman–Crippen LogP) is 2.88. The molecule has 2 aromatic carbocycles. The summed E-state index contributed by atoms with van der Waals surface area (Å²) >= 11 is 0. The molecule has 2 heterocycles. The second-order valence-corrected chi connectivity index (χ2v) is 7.49. The Labute approximate surface area is 176 Å². The van der Waals surface area contributed by atoms with Crippen molar-refractivity contribution in [3.05, 3.63) is 59.7 Å². The molecular formula is C23H26N4O3. The average Bonchev–Trinajstić information content (AvgIpc) is 3.16. The fourth-order valence-electron chi connectivity index (χ4n) is 3.39. The maximum absolute atomic E-state index is 12.8. The Hall–Kier alpha value is -3.35. The number of nitrogens with zero attached hydrogens (tertiary/aromatic N) is 4. The van der Waals surface area contributed by atoms with E-state index in [-0.39, 0.29) is 18.0 Å². The summed E-state index contributed by atoms with van der Waals surface area (Å²) in [6.07, 6.45) is 2.99. The van der Waals surface area contributed by atoms with Gasteiger partial charge < -0.3 is 9.47 Å². The molecule has 2 aliphatic heterocycles. The van der Waals surface area contributed by atoms with Gasteiger partial charge in [0.15, 0.2) is 6.17 Å². The SMILES string of the molecule is Cc1ccc(OCCN2C=N[C@@H]3[C@@H](C=NN3CCOc3ccc(C)cc3)C2=O)cc1. The van der Waals surface area contributed by atoms with E-state index in [0.29, 0.717) is 26.3 Å². The molecule has 0 radical (unpaired) electrons. The highest BCUT2D eigenvalue weighted by atomic mass is 16.5. The first kappa shape index (κ1) is 19.9. The largest absolute Gasteiger partial charge is 0.492 e. The second-order valence-electron chi connectivity index (χ2n) is 7.49. The van der Waals surface area contributed by atoms with Gasteiger partial charge in [-0.05, 0) is 38.1 Å². The number of aryl methyl sites for hydroxylation is 2. The number of hydrogen-bond donors (Lipinski definition) is 0. The third kappa shape index (κ3) is 4.62. The van der Waals surface area contributed by atoms with Gasteiger partial charge in [0.2, 0.25) is 5.91 Å². The van der Waals surface area contributed by atoms with Gasteiger partial charge in [0.25, 0.3) is 0 Å². The molecule has 0 saturated carbocycles. The third-order valence-corrected chi connectivity index (χ3v) is 5.16. The lowest BCUT2D eigenvalue weighted by atomic mass is 10.1. The van der Waals surface area contributed by atoms with Crippen LogP contribution in [0, 0.1) is 19.8 Å². The fourth-order valence-corrected chi connectivity index (χ4v) is 3.39. The van der Waals surface area contributed by atoms with Crippen LogP contribution in [-0.4, -0.2) is 60.8 Å². The van der Waals surface area contributed by atoms with E-state index >= 15 is 0 Å². The Kier molecular flexibility index (Phi) is 5.97. The van der Waals surface area contributed by atoms with Gasteiger partial charge in [0.1, 0.15) is 30.6 Å². The minimum absolute atomic E-state index is 0.00629. The van der Waals surface area contributed by atoms with E-state index in [2.05, 4.69) is 10.1 Å². The maximum atomic E-state index is 12.8. The third-order valence-electron chi connectivity index (χ3n) is 5.16. The predicted molar refractivity (Wildman–Crippen MR) is 116 cm³/mol. The molecule has 0 unspecified atom stereocenters. The van der Waals surface area contributed by atoms with Crippen molar-refractivity contribution in [3.8, 4) is 11.5 Å².